The van der Waals surface area contributed by atoms with Crippen LogP contribution < -0.4 is 15.0 Å². The van der Waals surface area contributed by atoms with Gasteiger partial charge in [0.15, 0.2) is 18.4 Å². The SMILES string of the molecule is COc1cc(NC2=CN(F)C[N+]3C=C(C4CCOCC4)N=C23)ccc1-c1ocnc1C. The van der Waals surface area contributed by atoms with Crippen LogP contribution in [-0.4, -0.2) is 42.9 Å². The van der Waals surface area contributed by atoms with E-state index in [4.69, 9.17) is 18.9 Å². The van der Waals surface area contributed by atoms with E-state index in [9.17, 15) is 4.48 Å². The zero-order valence-electron chi connectivity index (χ0n) is 17.5. The number of allylic oxidation sites excluding steroid dienone is 1. The summed E-state index contributed by atoms with van der Waals surface area (Å²) >= 11 is 0. The average molecular weight is 425 g/mol. The Hall–Kier alpha value is -3.17. The molecular formula is C22H24FN5O3+. The quantitative estimate of drug-likeness (QED) is 0.579. The molecule has 8 nitrogen and oxygen atoms in total. The number of ether oxygens (including phenoxy) is 2. The van der Waals surface area contributed by atoms with Gasteiger partial charge >= 0.3 is 5.84 Å². The molecule has 31 heavy (non-hydrogen) atoms. The van der Waals surface area contributed by atoms with Gasteiger partial charge in [0, 0.05) is 30.9 Å². The van der Waals surface area contributed by atoms with Crippen LogP contribution in [0.5, 0.6) is 5.75 Å². The van der Waals surface area contributed by atoms with E-state index in [-0.39, 0.29) is 6.67 Å². The van der Waals surface area contributed by atoms with Gasteiger partial charge in [-0.05, 0) is 31.9 Å². The van der Waals surface area contributed by atoms with Gasteiger partial charge in [-0.1, -0.05) is 9.38 Å². The van der Waals surface area contributed by atoms with Gasteiger partial charge in [-0.2, -0.15) is 10.1 Å². The van der Waals surface area contributed by atoms with E-state index in [0.717, 1.165) is 48.7 Å². The van der Waals surface area contributed by atoms with Crippen molar-refractivity contribution in [1.29, 1.82) is 0 Å². The zero-order valence-corrected chi connectivity index (χ0v) is 17.5. The van der Waals surface area contributed by atoms with Crippen molar-refractivity contribution in [2.45, 2.75) is 19.8 Å². The van der Waals surface area contributed by atoms with Crippen LogP contribution in [0.15, 0.2) is 57.8 Å². The molecule has 0 saturated carbocycles. The Bertz CT molecular complexity index is 1070. The van der Waals surface area contributed by atoms with Crippen molar-refractivity contribution >= 4 is 11.5 Å². The Morgan fingerprint density at radius 2 is 2.13 bits per heavy atom. The first kappa shape index (κ1) is 19.8. The predicted octanol–water partition coefficient (Wildman–Crippen LogP) is 3.89. The molecule has 2 aromatic rings. The maximum absolute atomic E-state index is 14.3. The highest BCUT2D eigenvalue weighted by Crippen LogP contribution is 2.35. The molecule has 0 spiro atoms. The van der Waals surface area contributed by atoms with Crippen LogP contribution in [-0.2, 0) is 4.74 Å². The van der Waals surface area contributed by atoms with Crippen molar-refractivity contribution in [1.82, 2.24) is 15.0 Å². The van der Waals surface area contributed by atoms with Crippen LogP contribution in [0.2, 0.25) is 0 Å². The summed E-state index contributed by atoms with van der Waals surface area (Å²) in [5.74, 6) is 2.34. The maximum Gasteiger partial charge on any atom is 0.309 e. The maximum atomic E-state index is 14.3. The van der Waals surface area contributed by atoms with Crippen molar-refractivity contribution in [3.63, 3.8) is 0 Å². The molecule has 1 aromatic carbocycles. The van der Waals surface area contributed by atoms with Crippen LogP contribution in [0.1, 0.15) is 18.5 Å². The standard InChI is InChI=1S/C22H24FN5O3/c1-14-21(31-12-24-14)17-4-3-16(9-20(17)29-2)25-19-11-28(23)13-27-10-18(26-22(19)27)15-5-7-30-8-6-15/h3-4,9-12,15,25H,5-8,13H2,1-2H3/q+1. The summed E-state index contributed by atoms with van der Waals surface area (Å²) in [6.07, 6.45) is 6.65. The van der Waals surface area contributed by atoms with Gasteiger partial charge < -0.3 is 19.2 Å². The van der Waals surface area contributed by atoms with Gasteiger partial charge in [-0.3, -0.25) is 0 Å². The molecule has 4 heterocycles. The highest BCUT2D eigenvalue weighted by Gasteiger charge is 2.40. The lowest BCUT2D eigenvalue weighted by atomic mass is 9.97. The number of nitrogens with one attached hydrogen (secondary N) is 1. The second kappa shape index (κ2) is 8.16. The number of hydrogen-bond acceptors (Lipinski definition) is 8. The zero-order chi connectivity index (χ0) is 21.4. The van der Waals surface area contributed by atoms with Crippen molar-refractivity contribution in [3.8, 4) is 17.1 Å². The van der Waals surface area contributed by atoms with E-state index >= 15 is 0 Å². The number of nitrogens with zero attached hydrogens (tertiary/aromatic N) is 4. The molecule has 3 aliphatic rings. The van der Waals surface area contributed by atoms with Gasteiger partial charge in [-0.15, -0.1) is 0 Å². The fourth-order valence-corrected chi connectivity index (χ4v) is 4.09. The first-order chi connectivity index (χ1) is 15.1. The molecular weight excluding hydrogens is 401 g/mol. The smallest absolute Gasteiger partial charge is 0.309 e. The van der Waals surface area contributed by atoms with Crippen LogP contribution in [0.4, 0.5) is 10.2 Å². The number of aliphatic imine (C=N–C) groups is 1. The number of aryl methyl sites for hydroxylation is 1. The number of halogens is 1. The third-order valence-electron chi connectivity index (χ3n) is 5.70. The average Bonchev–Trinajstić information content (AvgIpc) is 3.40. The summed E-state index contributed by atoms with van der Waals surface area (Å²) in [5, 5.41) is 3.94. The third kappa shape index (κ3) is 3.82. The number of oxazole rings is 1. The van der Waals surface area contributed by atoms with E-state index in [0.29, 0.717) is 34.1 Å². The van der Waals surface area contributed by atoms with Crippen molar-refractivity contribution < 1.29 is 18.4 Å². The molecule has 1 aromatic heterocycles. The fourth-order valence-electron chi connectivity index (χ4n) is 4.09. The highest BCUT2D eigenvalue weighted by atomic mass is 19.2. The lowest BCUT2D eigenvalue weighted by Gasteiger charge is -2.20. The predicted molar refractivity (Wildman–Crippen MR) is 114 cm³/mol. The second-order valence-electron chi connectivity index (χ2n) is 7.74. The first-order valence-electron chi connectivity index (χ1n) is 10.3. The van der Waals surface area contributed by atoms with E-state index < -0.39 is 0 Å². The second-order valence-corrected chi connectivity index (χ2v) is 7.74. The summed E-state index contributed by atoms with van der Waals surface area (Å²) in [6.45, 7) is 3.46. The summed E-state index contributed by atoms with van der Waals surface area (Å²) in [4.78, 5) is 10.8. The molecule has 0 aliphatic carbocycles. The number of hydrogen-bond donors (Lipinski definition) is 1. The normalized spacial score (nSPS) is 19.6. The summed E-state index contributed by atoms with van der Waals surface area (Å²) in [7, 11) is 1.60. The lowest BCUT2D eigenvalue weighted by Crippen LogP contribution is -2.42. The molecule has 0 bridgehead atoms. The van der Waals surface area contributed by atoms with E-state index in [2.05, 4.69) is 10.3 Å². The highest BCUT2D eigenvalue weighted by molar-refractivity contribution is 6.05. The molecule has 5 rings (SSSR count). The van der Waals surface area contributed by atoms with Crippen LogP contribution in [0.3, 0.4) is 0 Å². The third-order valence-corrected chi connectivity index (χ3v) is 5.70. The van der Waals surface area contributed by atoms with Gasteiger partial charge in [0.2, 0.25) is 6.67 Å². The minimum atomic E-state index is 0.115. The first-order valence-corrected chi connectivity index (χ1v) is 10.3. The number of aromatic nitrogens is 1. The van der Waals surface area contributed by atoms with E-state index in [1.165, 1.54) is 12.6 Å². The topological polar surface area (TPSA) is 78.0 Å². The van der Waals surface area contributed by atoms with Gasteiger partial charge in [-0.25, -0.2) is 4.98 Å². The molecule has 1 saturated heterocycles. The molecule has 1 fully saturated rings. The number of amidine groups is 1. The summed E-state index contributed by atoms with van der Waals surface area (Å²) in [5.41, 5.74) is 3.90. The Balaban J connectivity index is 1.41. The molecule has 0 atom stereocenters. The Morgan fingerprint density at radius 3 is 2.87 bits per heavy atom. The van der Waals surface area contributed by atoms with Crippen molar-refractivity contribution in [3.05, 3.63) is 54.1 Å². The fraction of sp³-hybridized carbons (Fsp3) is 0.364. The van der Waals surface area contributed by atoms with Gasteiger partial charge in [0.1, 0.15) is 17.1 Å². The molecule has 1 radical (unpaired) electrons. The van der Waals surface area contributed by atoms with Crippen LogP contribution in [0.25, 0.3) is 11.3 Å². The Labute approximate surface area is 179 Å². The van der Waals surface area contributed by atoms with Crippen LogP contribution >= 0.6 is 0 Å². The van der Waals surface area contributed by atoms with Crippen molar-refractivity contribution in [2.75, 3.05) is 32.3 Å². The minimum absolute atomic E-state index is 0.115. The number of rotatable bonds is 5. The van der Waals surface area contributed by atoms with Gasteiger partial charge in [0.05, 0.1) is 24.6 Å². The molecule has 3 aliphatic heterocycles. The van der Waals surface area contributed by atoms with Crippen molar-refractivity contribution in [2.24, 2.45) is 10.9 Å². The van der Waals surface area contributed by atoms with E-state index in [1.807, 2.05) is 36.2 Å². The largest absolute Gasteiger partial charge is 0.496 e. The van der Waals surface area contributed by atoms with E-state index in [1.54, 1.807) is 7.11 Å². The molecule has 1 N–H and O–H groups in total. The number of methoxy groups -OCH3 is 1. The number of fused-ring (bicyclic) bond motifs is 1. The Kier molecular flexibility index (Phi) is 5.21. The Morgan fingerprint density at radius 1 is 1.29 bits per heavy atom. The molecule has 161 valence electrons. The number of anilines is 1. The van der Waals surface area contributed by atoms with Crippen LogP contribution in [0, 0.1) is 12.8 Å². The minimum Gasteiger partial charge on any atom is -0.496 e. The molecule has 0 unspecified atom stereocenters. The summed E-state index contributed by atoms with van der Waals surface area (Å²) < 4.78 is 30.8. The monoisotopic (exact) mass is 425 g/mol. The van der Waals surface area contributed by atoms with Gasteiger partial charge in [0.25, 0.3) is 0 Å². The molecule has 9 heteroatoms. The molecule has 0 amide bonds. The summed E-state index contributed by atoms with van der Waals surface area (Å²) in [6, 6.07) is 5.64. The number of benzene rings is 1. The lowest BCUT2D eigenvalue weighted by molar-refractivity contribution is 0.0688.